The van der Waals surface area contributed by atoms with Crippen LogP contribution >= 0.6 is 0 Å². The molecule has 0 aromatic heterocycles. The van der Waals surface area contributed by atoms with Crippen LogP contribution in [-0.4, -0.2) is 66.5 Å². The number of amides is 1. The number of aliphatic carboxylic acids is 1. The van der Waals surface area contributed by atoms with E-state index in [1.807, 2.05) is 13.8 Å². The Morgan fingerprint density at radius 1 is 1.15 bits per heavy atom. The third kappa shape index (κ3) is 5.09. The van der Waals surface area contributed by atoms with E-state index in [4.69, 9.17) is 5.11 Å². The number of nitrogens with zero attached hydrogens (tertiary/aromatic N) is 2. The van der Waals surface area contributed by atoms with E-state index < -0.39 is 22.4 Å². The number of carbonyl (C=O) groups excluding carboxylic acids is 1. The Balaban J connectivity index is 2.49. The van der Waals surface area contributed by atoms with Crippen LogP contribution in [0.25, 0.3) is 0 Å². The Bertz CT molecular complexity index is 452. The number of piperazine rings is 1. The molecule has 1 N–H and O–H groups in total. The maximum absolute atomic E-state index is 11.9. The molecule has 1 rings (SSSR count). The Morgan fingerprint density at radius 2 is 1.70 bits per heavy atom. The highest BCUT2D eigenvalue weighted by atomic mass is 32.2. The molecule has 1 heterocycles. The van der Waals surface area contributed by atoms with Crippen LogP contribution in [0.3, 0.4) is 0 Å². The molecule has 0 aromatic rings. The molecule has 1 aliphatic rings. The fraction of sp³-hybridized carbons (Fsp3) is 0.833. The van der Waals surface area contributed by atoms with Gasteiger partial charge in [0.25, 0.3) is 0 Å². The van der Waals surface area contributed by atoms with Crippen molar-refractivity contribution >= 4 is 21.9 Å². The monoisotopic (exact) mass is 306 g/mol. The standard InChI is InChI=1S/C12H22N2O5S/c1-10(2)9-11(15)13-4-6-14(7-5-13)20(18,19)8-3-12(16)17/h10H,3-9H2,1-2H3,(H,16,17). The molecular weight excluding hydrogens is 284 g/mol. The Morgan fingerprint density at radius 3 is 2.15 bits per heavy atom. The van der Waals surface area contributed by atoms with Crippen molar-refractivity contribution in [3.8, 4) is 0 Å². The number of sulfonamides is 1. The van der Waals surface area contributed by atoms with Crippen molar-refractivity contribution in [2.75, 3.05) is 31.9 Å². The van der Waals surface area contributed by atoms with Crippen LogP contribution in [0.15, 0.2) is 0 Å². The van der Waals surface area contributed by atoms with E-state index in [1.165, 1.54) is 4.31 Å². The van der Waals surface area contributed by atoms with Gasteiger partial charge in [-0.1, -0.05) is 13.8 Å². The Kier molecular flexibility index (Phi) is 5.94. The van der Waals surface area contributed by atoms with E-state index in [1.54, 1.807) is 4.90 Å². The molecule has 1 saturated heterocycles. The molecule has 1 aliphatic heterocycles. The minimum absolute atomic E-state index is 0.0441. The molecule has 0 aliphatic carbocycles. The van der Waals surface area contributed by atoms with Gasteiger partial charge in [-0.2, -0.15) is 4.31 Å². The smallest absolute Gasteiger partial charge is 0.304 e. The van der Waals surface area contributed by atoms with Gasteiger partial charge >= 0.3 is 5.97 Å². The fourth-order valence-corrected chi connectivity index (χ4v) is 3.45. The fourth-order valence-electron chi connectivity index (χ4n) is 2.04. The number of carboxylic acids is 1. The quantitative estimate of drug-likeness (QED) is 0.744. The third-order valence-corrected chi connectivity index (χ3v) is 5.01. The zero-order valence-corrected chi connectivity index (χ0v) is 12.7. The molecule has 0 bridgehead atoms. The van der Waals surface area contributed by atoms with Crippen molar-refractivity contribution in [1.29, 1.82) is 0 Å². The lowest BCUT2D eigenvalue weighted by atomic mass is 10.1. The number of hydrogen-bond donors (Lipinski definition) is 1. The summed E-state index contributed by atoms with van der Waals surface area (Å²) < 4.78 is 25.1. The normalized spacial score (nSPS) is 17.4. The number of hydrogen-bond acceptors (Lipinski definition) is 4. The summed E-state index contributed by atoms with van der Waals surface area (Å²) >= 11 is 0. The third-order valence-electron chi connectivity index (χ3n) is 3.14. The molecular formula is C12H22N2O5S. The number of carbonyl (C=O) groups is 2. The maximum Gasteiger partial charge on any atom is 0.304 e. The second-order valence-corrected chi connectivity index (χ2v) is 7.43. The lowest BCUT2D eigenvalue weighted by Gasteiger charge is -2.34. The van der Waals surface area contributed by atoms with Crippen LogP contribution in [-0.2, 0) is 19.6 Å². The summed E-state index contributed by atoms with van der Waals surface area (Å²) in [6.07, 6.45) is 0.0700. The highest BCUT2D eigenvalue weighted by Crippen LogP contribution is 2.12. The van der Waals surface area contributed by atoms with E-state index in [0.717, 1.165) is 0 Å². The molecule has 7 nitrogen and oxygen atoms in total. The summed E-state index contributed by atoms with van der Waals surface area (Å²) in [5.41, 5.74) is 0. The predicted octanol–water partition coefficient (Wildman–Crippen LogP) is -0.0188. The lowest BCUT2D eigenvalue weighted by molar-refractivity contribution is -0.136. The topological polar surface area (TPSA) is 95.0 Å². The van der Waals surface area contributed by atoms with E-state index in [-0.39, 0.29) is 30.7 Å². The van der Waals surface area contributed by atoms with Gasteiger partial charge in [-0.05, 0) is 5.92 Å². The average molecular weight is 306 g/mol. The summed E-state index contributed by atoms with van der Waals surface area (Å²) in [7, 11) is -3.54. The summed E-state index contributed by atoms with van der Waals surface area (Å²) in [5, 5.41) is 8.54. The second-order valence-electron chi connectivity index (χ2n) is 5.34. The van der Waals surface area contributed by atoms with E-state index in [2.05, 4.69) is 0 Å². The first-order valence-corrected chi connectivity index (χ1v) is 8.30. The van der Waals surface area contributed by atoms with Gasteiger partial charge in [-0.15, -0.1) is 0 Å². The molecule has 116 valence electrons. The Hall–Kier alpha value is -1.15. The summed E-state index contributed by atoms with van der Waals surface area (Å²) in [6.45, 7) is 5.16. The van der Waals surface area contributed by atoms with Gasteiger partial charge in [0.2, 0.25) is 15.9 Å². The van der Waals surface area contributed by atoms with Crippen LogP contribution in [0, 0.1) is 5.92 Å². The number of carboxylic acid groups (broad SMARTS) is 1. The predicted molar refractivity (Wildman–Crippen MR) is 73.6 cm³/mol. The van der Waals surface area contributed by atoms with Gasteiger partial charge in [0, 0.05) is 32.6 Å². The van der Waals surface area contributed by atoms with E-state index in [0.29, 0.717) is 19.5 Å². The lowest BCUT2D eigenvalue weighted by Crippen LogP contribution is -2.51. The minimum Gasteiger partial charge on any atom is -0.481 e. The zero-order chi connectivity index (χ0) is 15.3. The first-order valence-electron chi connectivity index (χ1n) is 6.70. The van der Waals surface area contributed by atoms with Crippen molar-refractivity contribution in [1.82, 2.24) is 9.21 Å². The van der Waals surface area contributed by atoms with Gasteiger partial charge in [0.15, 0.2) is 0 Å². The van der Waals surface area contributed by atoms with E-state index in [9.17, 15) is 18.0 Å². The van der Waals surface area contributed by atoms with Gasteiger partial charge < -0.3 is 10.0 Å². The number of rotatable bonds is 6. The molecule has 0 aromatic carbocycles. The van der Waals surface area contributed by atoms with Crippen molar-refractivity contribution < 1.29 is 23.1 Å². The largest absolute Gasteiger partial charge is 0.481 e. The molecule has 20 heavy (non-hydrogen) atoms. The first-order chi connectivity index (χ1) is 9.22. The van der Waals surface area contributed by atoms with E-state index >= 15 is 0 Å². The van der Waals surface area contributed by atoms with Gasteiger partial charge in [0.1, 0.15) is 0 Å². The summed E-state index contributed by atoms with van der Waals surface area (Å²) in [5.74, 6) is -1.19. The average Bonchev–Trinajstić information content (AvgIpc) is 2.36. The SMILES string of the molecule is CC(C)CC(=O)N1CCN(S(=O)(=O)CCC(=O)O)CC1. The highest BCUT2D eigenvalue weighted by molar-refractivity contribution is 7.89. The zero-order valence-electron chi connectivity index (χ0n) is 11.9. The van der Waals surface area contributed by atoms with Crippen LogP contribution in [0.5, 0.6) is 0 Å². The van der Waals surface area contributed by atoms with Gasteiger partial charge in [0.05, 0.1) is 12.2 Å². The maximum atomic E-state index is 11.9. The molecule has 8 heteroatoms. The molecule has 0 saturated carbocycles. The van der Waals surface area contributed by atoms with Gasteiger partial charge in [-0.3, -0.25) is 9.59 Å². The molecule has 0 radical (unpaired) electrons. The molecule has 1 fully saturated rings. The van der Waals surface area contributed by atoms with Crippen LogP contribution in [0.4, 0.5) is 0 Å². The minimum atomic E-state index is -3.54. The van der Waals surface area contributed by atoms with Gasteiger partial charge in [-0.25, -0.2) is 8.42 Å². The molecule has 0 atom stereocenters. The van der Waals surface area contributed by atoms with Crippen LogP contribution < -0.4 is 0 Å². The molecule has 1 amide bonds. The second kappa shape index (κ2) is 7.03. The molecule has 0 spiro atoms. The Labute approximate surface area is 119 Å². The summed E-state index contributed by atoms with van der Waals surface area (Å²) in [6, 6.07) is 0. The van der Waals surface area contributed by atoms with Crippen LogP contribution in [0.1, 0.15) is 26.7 Å². The molecule has 0 unspecified atom stereocenters. The van der Waals surface area contributed by atoms with Crippen molar-refractivity contribution in [2.24, 2.45) is 5.92 Å². The van der Waals surface area contributed by atoms with Crippen LogP contribution in [0.2, 0.25) is 0 Å². The van der Waals surface area contributed by atoms with Crippen molar-refractivity contribution in [2.45, 2.75) is 26.7 Å². The summed E-state index contributed by atoms with van der Waals surface area (Å²) in [4.78, 5) is 24.0. The van der Waals surface area contributed by atoms with Crippen molar-refractivity contribution in [3.63, 3.8) is 0 Å². The van der Waals surface area contributed by atoms with Crippen molar-refractivity contribution in [3.05, 3.63) is 0 Å². The highest BCUT2D eigenvalue weighted by Gasteiger charge is 2.29. The first kappa shape index (κ1) is 16.9.